The molecule has 3 nitrogen and oxygen atoms in total. The SMILES string of the molecule is CNCc1ccccc1S(=O)[O-]. The monoisotopic (exact) mass is 184 g/mol. The second kappa shape index (κ2) is 4.35. The number of rotatable bonds is 3. The van der Waals surface area contributed by atoms with Gasteiger partial charge in [-0.15, -0.1) is 0 Å². The largest absolute Gasteiger partial charge is 0.768 e. The van der Waals surface area contributed by atoms with Gasteiger partial charge in [0, 0.05) is 11.4 Å². The molecule has 4 heteroatoms. The van der Waals surface area contributed by atoms with Crippen molar-refractivity contribution in [1.82, 2.24) is 5.32 Å². The normalized spacial score (nSPS) is 12.8. The minimum Gasteiger partial charge on any atom is -0.768 e. The lowest BCUT2D eigenvalue weighted by Gasteiger charge is -2.10. The van der Waals surface area contributed by atoms with Crippen LogP contribution < -0.4 is 5.32 Å². The van der Waals surface area contributed by atoms with E-state index in [9.17, 15) is 8.76 Å². The minimum atomic E-state index is -2.13. The van der Waals surface area contributed by atoms with Gasteiger partial charge in [-0.3, -0.25) is 4.21 Å². The summed E-state index contributed by atoms with van der Waals surface area (Å²) in [5.41, 5.74) is 0.799. The predicted octanol–water partition coefficient (Wildman–Crippen LogP) is 0.644. The molecular formula is C8H10NO2S-. The zero-order valence-corrected chi connectivity index (χ0v) is 7.56. The highest BCUT2D eigenvalue weighted by molar-refractivity contribution is 7.79. The molecule has 0 bridgehead atoms. The molecular weight excluding hydrogens is 174 g/mol. The van der Waals surface area contributed by atoms with Gasteiger partial charge in [0.15, 0.2) is 0 Å². The molecule has 0 radical (unpaired) electrons. The van der Waals surface area contributed by atoms with E-state index in [1.165, 1.54) is 0 Å². The summed E-state index contributed by atoms with van der Waals surface area (Å²) < 4.78 is 21.3. The molecule has 0 aromatic heterocycles. The second-order valence-corrected chi connectivity index (χ2v) is 3.28. The fraction of sp³-hybridized carbons (Fsp3) is 0.250. The van der Waals surface area contributed by atoms with Crippen LogP contribution in [0.1, 0.15) is 5.56 Å². The fourth-order valence-electron chi connectivity index (χ4n) is 1.00. The first-order chi connectivity index (χ1) is 5.75. The highest BCUT2D eigenvalue weighted by Gasteiger charge is 1.99. The van der Waals surface area contributed by atoms with Crippen molar-refractivity contribution in [3.05, 3.63) is 29.8 Å². The Balaban J connectivity index is 3.00. The number of nitrogens with one attached hydrogen (secondary N) is 1. The average molecular weight is 184 g/mol. The van der Waals surface area contributed by atoms with E-state index in [0.29, 0.717) is 11.4 Å². The summed E-state index contributed by atoms with van der Waals surface area (Å²) in [6, 6.07) is 6.92. The third-order valence-corrected chi connectivity index (χ3v) is 2.28. The summed E-state index contributed by atoms with van der Waals surface area (Å²) in [6.45, 7) is 0.574. The van der Waals surface area contributed by atoms with Gasteiger partial charge in [-0.2, -0.15) is 0 Å². The molecule has 0 spiro atoms. The van der Waals surface area contributed by atoms with Crippen LogP contribution in [0.3, 0.4) is 0 Å². The van der Waals surface area contributed by atoms with Gasteiger partial charge in [-0.05, 0) is 29.8 Å². The van der Waals surface area contributed by atoms with Crippen molar-refractivity contribution in [3.8, 4) is 0 Å². The minimum absolute atomic E-state index is 0.367. The van der Waals surface area contributed by atoms with Crippen molar-refractivity contribution in [2.75, 3.05) is 7.05 Å². The molecule has 0 saturated carbocycles. The summed E-state index contributed by atoms with van der Waals surface area (Å²) in [5.74, 6) is 0. The summed E-state index contributed by atoms with van der Waals surface area (Å²) in [7, 11) is 1.78. The van der Waals surface area contributed by atoms with Crippen molar-refractivity contribution in [2.24, 2.45) is 0 Å². The summed E-state index contributed by atoms with van der Waals surface area (Å²) in [5, 5.41) is 2.91. The molecule has 1 aromatic carbocycles. The van der Waals surface area contributed by atoms with Crippen LogP contribution in [0.2, 0.25) is 0 Å². The molecule has 0 aliphatic carbocycles. The lowest BCUT2D eigenvalue weighted by Crippen LogP contribution is -2.08. The smallest absolute Gasteiger partial charge is 0.0293 e. The fourth-order valence-corrected chi connectivity index (χ4v) is 1.55. The molecule has 1 unspecified atom stereocenters. The summed E-state index contributed by atoms with van der Waals surface area (Å²) in [4.78, 5) is 0.367. The Labute approximate surface area is 74.1 Å². The van der Waals surface area contributed by atoms with Gasteiger partial charge >= 0.3 is 0 Å². The Bertz CT molecular complexity index is 288. The van der Waals surface area contributed by atoms with Gasteiger partial charge < -0.3 is 9.87 Å². The van der Waals surface area contributed by atoms with Crippen LogP contribution in [0, 0.1) is 0 Å². The van der Waals surface area contributed by atoms with Gasteiger partial charge in [0.25, 0.3) is 0 Å². The van der Waals surface area contributed by atoms with Crippen LogP contribution in [0.25, 0.3) is 0 Å². The van der Waals surface area contributed by atoms with E-state index in [1.807, 2.05) is 6.07 Å². The summed E-state index contributed by atoms with van der Waals surface area (Å²) in [6.07, 6.45) is 0. The van der Waals surface area contributed by atoms with Crippen molar-refractivity contribution < 1.29 is 8.76 Å². The van der Waals surface area contributed by atoms with Crippen LogP contribution >= 0.6 is 0 Å². The zero-order chi connectivity index (χ0) is 8.97. The zero-order valence-electron chi connectivity index (χ0n) is 6.74. The van der Waals surface area contributed by atoms with Gasteiger partial charge in [0.1, 0.15) is 0 Å². The Morgan fingerprint density at radius 3 is 2.75 bits per heavy atom. The Morgan fingerprint density at radius 1 is 1.50 bits per heavy atom. The van der Waals surface area contributed by atoms with Crippen molar-refractivity contribution in [2.45, 2.75) is 11.4 Å². The van der Waals surface area contributed by atoms with Gasteiger partial charge in [0.2, 0.25) is 0 Å². The Morgan fingerprint density at radius 2 is 2.17 bits per heavy atom. The Kier molecular flexibility index (Phi) is 3.40. The molecule has 1 N–H and O–H groups in total. The van der Waals surface area contributed by atoms with E-state index in [2.05, 4.69) is 5.32 Å². The molecule has 0 saturated heterocycles. The van der Waals surface area contributed by atoms with Crippen LogP contribution in [0.5, 0.6) is 0 Å². The highest BCUT2D eigenvalue weighted by Crippen LogP contribution is 2.11. The van der Waals surface area contributed by atoms with E-state index in [-0.39, 0.29) is 0 Å². The molecule has 1 aromatic rings. The lowest BCUT2D eigenvalue weighted by atomic mass is 10.2. The molecule has 0 heterocycles. The molecule has 0 aliphatic rings. The maximum absolute atomic E-state index is 10.7. The maximum Gasteiger partial charge on any atom is 0.0293 e. The first-order valence-electron chi connectivity index (χ1n) is 3.57. The molecule has 0 fully saturated rings. The topological polar surface area (TPSA) is 52.2 Å². The maximum atomic E-state index is 10.7. The third kappa shape index (κ3) is 2.14. The van der Waals surface area contributed by atoms with Gasteiger partial charge in [-0.1, -0.05) is 18.2 Å². The molecule has 1 rings (SSSR count). The van der Waals surface area contributed by atoms with E-state index in [4.69, 9.17) is 0 Å². The van der Waals surface area contributed by atoms with Crippen LogP contribution in [-0.2, 0) is 17.6 Å². The van der Waals surface area contributed by atoms with Gasteiger partial charge in [-0.25, -0.2) is 0 Å². The molecule has 1 atom stereocenters. The number of hydrogen-bond acceptors (Lipinski definition) is 3. The van der Waals surface area contributed by atoms with Crippen LogP contribution in [-0.4, -0.2) is 15.8 Å². The molecule has 66 valence electrons. The second-order valence-electron chi connectivity index (χ2n) is 2.37. The molecule has 0 aliphatic heterocycles. The van der Waals surface area contributed by atoms with Crippen molar-refractivity contribution in [3.63, 3.8) is 0 Å². The van der Waals surface area contributed by atoms with Crippen LogP contribution in [0.4, 0.5) is 0 Å². The predicted molar refractivity (Wildman–Crippen MR) is 46.4 cm³/mol. The van der Waals surface area contributed by atoms with E-state index >= 15 is 0 Å². The first-order valence-corrected chi connectivity index (χ1v) is 4.65. The molecule has 0 amide bonds. The van der Waals surface area contributed by atoms with Crippen molar-refractivity contribution >= 4 is 11.1 Å². The third-order valence-electron chi connectivity index (χ3n) is 1.52. The Hall–Kier alpha value is -0.710. The van der Waals surface area contributed by atoms with E-state index in [1.54, 1.807) is 25.2 Å². The standard InChI is InChI=1S/C8H11NO2S/c1-9-6-7-4-2-3-5-8(7)12(10)11/h2-5,9H,6H2,1H3,(H,10,11)/p-1. The van der Waals surface area contributed by atoms with Crippen molar-refractivity contribution in [1.29, 1.82) is 0 Å². The summed E-state index contributed by atoms with van der Waals surface area (Å²) >= 11 is -2.13. The first kappa shape index (κ1) is 9.38. The van der Waals surface area contributed by atoms with E-state index < -0.39 is 11.1 Å². The van der Waals surface area contributed by atoms with Gasteiger partial charge in [0.05, 0.1) is 0 Å². The quantitative estimate of drug-likeness (QED) is 0.701. The molecule has 12 heavy (non-hydrogen) atoms. The lowest BCUT2D eigenvalue weighted by molar-refractivity contribution is 0.535. The average Bonchev–Trinajstić information content (AvgIpc) is 2.05. The van der Waals surface area contributed by atoms with E-state index in [0.717, 1.165) is 5.56 Å². The highest BCUT2D eigenvalue weighted by atomic mass is 32.2. The number of benzene rings is 1. The number of hydrogen-bond donors (Lipinski definition) is 1. The van der Waals surface area contributed by atoms with Crippen LogP contribution in [0.15, 0.2) is 29.2 Å².